The number of amides is 2. The van der Waals surface area contributed by atoms with Gasteiger partial charge in [0.15, 0.2) is 0 Å². The molecule has 154 valence electrons. The number of hydrogen-bond donors (Lipinski definition) is 0. The van der Waals surface area contributed by atoms with E-state index >= 15 is 0 Å². The Morgan fingerprint density at radius 3 is 2.11 bits per heavy atom. The fourth-order valence-electron chi connectivity index (χ4n) is 3.42. The zero-order chi connectivity index (χ0) is 20.1. The molecule has 2 heterocycles. The predicted octanol–water partition coefficient (Wildman–Crippen LogP) is 3.42. The molecule has 3 rings (SSSR count). The van der Waals surface area contributed by atoms with Crippen LogP contribution in [0.2, 0.25) is 0 Å². The minimum atomic E-state index is -0.498. The summed E-state index contributed by atoms with van der Waals surface area (Å²) in [6.07, 6.45) is 0.927. The highest BCUT2D eigenvalue weighted by molar-refractivity contribution is 5.68. The van der Waals surface area contributed by atoms with Crippen LogP contribution in [-0.4, -0.2) is 66.0 Å². The first-order valence-electron chi connectivity index (χ1n) is 9.89. The summed E-state index contributed by atoms with van der Waals surface area (Å²) < 4.78 is 16.9. The number of nitrogens with zero attached hydrogens (tertiary/aromatic N) is 2. The normalized spacial score (nSPS) is 22.4. The van der Waals surface area contributed by atoms with Gasteiger partial charge in [-0.2, -0.15) is 0 Å². The van der Waals surface area contributed by atoms with Crippen molar-refractivity contribution in [1.82, 2.24) is 9.80 Å². The standard InChI is InChI=1S/C21H30N2O5/c1-21(2,3)28-20(25)23-12-10-18(14-23)27-17-9-11-22(13-17)19(24)26-15-16-7-5-4-6-8-16/h4-8,17-18H,9-15H2,1-3H3/t17-,18+/m1/s1. The van der Waals surface area contributed by atoms with Crippen molar-refractivity contribution < 1.29 is 23.8 Å². The van der Waals surface area contributed by atoms with Crippen molar-refractivity contribution in [3.8, 4) is 0 Å². The molecule has 0 N–H and O–H groups in total. The first kappa shape index (κ1) is 20.5. The number of benzene rings is 1. The highest BCUT2D eigenvalue weighted by Gasteiger charge is 2.34. The molecule has 0 saturated carbocycles. The van der Waals surface area contributed by atoms with Crippen LogP contribution < -0.4 is 0 Å². The molecule has 0 aliphatic carbocycles. The molecule has 2 fully saturated rings. The molecule has 2 aliphatic heterocycles. The number of hydrogen-bond acceptors (Lipinski definition) is 5. The molecule has 1 aromatic rings. The Kier molecular flexibility index (Phi) is 6.44. The molecule has 1 aromatic carbocycles. The lowest BCUT2D eigenvalue weighted by atomic mass is 10.2. The lowest BCUT2D eigenvalue weighted by molar-refractivity contribution is -0.00630. The molecular formula is C21H30N2O5. The van der Waals surface area contributed by atoms with Gasteiger partial charge in [0.2, 0.25) is 0 Å². The van der Waals surface area contributed by atoms with Gasteiger partial charge in [0.05, 0.1) is 25.3 Å². The van der Waals surface area contributed by atoms with Gasteiger partial charge in [0.1, 0.15) is 12.2 Å². The van der Waals surface area contributed by atoms with Crippen molar-refractivity contribution >= 4 is 12.2 Å². The summed E-state index contributed by atoms with van der Waals surface area (Å²) in [4.78, 5) is 27.8. The molecule has 2 amide bonds. The van der Waals surface area contributed by atoms with Crippen molar-refractivity contribution in [3.05, 3.63) is 35.9 Å². The Labute approximate surface area is 166 Å². The molecule has 0 unspecified atom stereocenters. The first-order valence-corrected chi connectivity index (χ1v) is 9.89. The van der Waals surface area contributed by atoms with E-state index in [-0.39, 0.29) is 31.0 Å². The van der Waals surface area contributed by atoms with Crippen LogP contribution >= 0.6 is 0 Å². The molecule has 2 saturated heterocycles. The molecule has 7 heteroatoms. The van der Waals surface area contributed by atoms with E-state index in [9.17, 15) is 9.59 Å². The molecule has 0 aromatic heterocycles. The average molecular weight is 390 g/mol. The summed E-state index contributed by atoms with van der Waals surface area (Å²) in [6, 6.07) is 9.64. The van der Waals surface area contributed by atoms with Crippen molar-refractivity contribution in [2.45, 2.75) is 58.0 Å². The van der Waals surface area contributed by atoms with Crippen LogP contribution in [0.1, 0.15) is 39.2 Å². The largest absolute Gasteiger partial charge is 0.445 e. The molecule has 2 atom stereocenters. The van der Waals surface area contributed by atoms with Gasteiger partial charge < -0.3 is 24.0 Å². The van der Waals surface area contributed by atoms with Gasteiger partial charge in [0, 0.05) is 13.1 Å². The van der Waals surface area contributed by atoms with Gasteiger partial charge in [-0.1, -0.05) is 30.3 Å². The lowest BCUT2D eigenvalue weighted by Gasteiger charge is -2.24. The van der Waals surface area contributed by atoms with Gasteiger partial charge in [-0.15, -0.1) is 0 Å². The smallest absolute Gasteiger partial charge is 0.410 e. The van der Waals surface area contributed by atoms with Crippen LogP contribution in [0.3, 0.4) is 0 Å². The lowest BCUT2D eigenvalue weighted by Crippen LogP contribution is -2.37. The van der Waals surface area contributed by atoms with Crippen LogP contribution in [-0.2, 0) is 20.8 Å². The van der Waals surface area contributed by atoms with Crippen molar-refractivity contribution in [2.24, 2.45) is 0 Å². The number of rotatable bonds is 4. The maximum absolute atomic E-state index is 12.3. The van der Waals surface area contributed by atoms with E-state index in [1.54, 1.807) is 9.80 Å². The fraction of sp³-hybridized carbons (Fsp3) is 0.619. The SMILES string of the molecule is CC(C)(C)OC(=O)N1CC[C@H](O[C@@H]2CCN(C(=O)OCc3ccccc3)C2)C1. The van der Waals surface area contributed by atoms with E-state index in [0.29, 0.717) is 26.2 Å². The van der Waals surface area contributed by atoms with Gasteiger partial charge in [0.25, 0.3) is 0 Å². The molecule has 28 heavy (non-hydrogen) atoms. The van der Waals surface area contributed by atoms with Gasteiger partial charge in [-0.3, -0.25) is 0 Å². The van der Waals surface area contributed by atoms with Crippen molar-refractivity contribution in [1.29, 1.82) is 0 Å². The number of carbonyl (C=O) groups is 2. The van der Waals surface area contributed by atoms with Crippen LogP contribution in [0.15, 0.2) is 30.3 Å². The maximum atomic E-state index is 12.3. The molecule has 2 aliphatic rings. The summed E-state index contributed by atoms with van der Waals surface area (Å²) in [6.45, 7) is 8.17. The molecule has 7 nitrogen and oxygen atoms in total. The molecule has 0 radical (unpaired) electrons. The summed E-state index contributed by atoms with van der Waals surface area (Å²) >= 11 is 0. The third-order valence-corrected chi connectivity index (χ3v) is 4.79. The maximum Gasteiger partial charge on any atom is 0.410 e. The van der Waals surface area contributed by atoms with E-state index in [1.165, 1.54) is 0 Å². The quantitative estimate of drug-likeness (QED) is 0.788. The summed E-state index contributed by atoms with van der Waals surface area (Å²) in [5.41, 5.74) is 0.471. The first-order chi connectivity index (χ1) is 13.3. The second kappa shape index (κ2) is 8.82. The zero-order valence-corrected chi connectivity index (χ0v) is 16.9. The third kappa shape index (κ3) is 5.86. The van der Waals surface area contributed by atoms with Crippen LogP contribution in [0.5, 0.6) is 0 Å². The summed E-state index contributed by atoms with van der Waals surface area (Å²) in [5.74, 6) is 0. The average Bonchev–Trinajstić information content (AvgIpc) is 3.29. The summed E-state index contributed by atoms with van der Waals surface area (Å²) in [5, 5.41) is 0. The predicted molar refractivity (Wildman–Crippen MR) is 104 cm³/mol. The minimum Gasteiger partial charge on any atom is -0.445 e. The second-order valence-electron chi connectivity index (χ2n) is 8.37. The minimum absolute atomic E-state index is 0.0159. The monoisotopic (exact) mass is 390 g/mol. The van der Waals surface area contributed by atoms with Gasteiger partial charge in [-0.25, -0.2) is 9.59 Å². The highest BCUT2D eigenvalue weighted by atomic mass is 16.6. The topological polar surface area (TPSA) is 68.3 Å². The Hall–Kier alpha value is -2.28. The van der Waals surface area contributed by atoms with Crippen LogP contribution in [0.25, 0.3) is 0 Å². The third-order valence-electron chi connectivity index (χ3n) is 4.79. The molecule has 0 spiro atoms. The second-order valence-corrected chi connectivity index (χ2v) is 8.37. The van der Waals surface area contributed by atoms with Gasteiger partial charge >= 0.3 is 12.2 Å². The highest BCUT2D eigenvalue weighted by Crippen LogP contribution is 2.22. The Bertz CT molecular complexity index is 673. The number of ether oxygens (including phenoxy) is 3. The Morgan fingerprint density at radius 2 is 1.54 bits per heavy atom. The van der Waals surface area contributed by atoms with Crippen molar-refractivity contribution in [3.63, 3.8) is 0 Å². The molecular weight excluding hydrogens is 360 g/mol. The van der Waals surface area contributed by atoms with Crippen LogP contribution in [0.4, 0.5) is 9.59 Å². The van der Waals surface area contributed by atoms with Gasteiger partial charge in [-0.05, 0) is 39.2 Å². The molecule has 0 bridgehead atoms. The summed E-state index contributed by atoms with van der Waals surface area (Å²) in [7, 11) is 0. The zero-order valence-electron chi connectivity index (χ0n) is 16.9. The number of carbonyl (C=O) groups excluding carboxylic acids is 2. The fourth-order valence-corrected chi connectivity index (χ4v) is 3.42. The van der Waals surface area contributed by atoms with E-state index in [0.717, 1.165) is 18.4 Å². The van der Waals surface area contributed by atoms with E-state index in [2.05, 4.69) is 0 Å². The van der Waals surface area contributed by atoms with Crippen LogP contribution in [0, 0.1) is 0 Å². The Balaban J connectivity index is 1.39. The Morgan fingerprint density at radius 1 is 0.964 bits per heavy atom. The van der Waals surface area contributed by atoms with E-state index in [1.807, 2.05) is 51.1 Å². The van der Waals surface area contributed by atoms with E-state index in [4.69, 9.17) is 14.2 Å². The van der Waals surface area contributed by atoms with E-state index < -0.39 is 5.60 Å². The number of likely N-dealkylation sites (tertiary alicyclic amines) is 2. The van der Waals surface area contributed by atoms with Crippen molar-refractivity contribution in [2.75, 3.05) is 26.2 Å².